The standard InChI is InChI=1S/C30H35Cl2N3O5S/c1-20-10-13-25(14-11-20)41(38,39)35(27-17-23(31)12-15-26(27)32)19-28(36)34(21(2)29(37)33-30(3,4)5)18-22-8-7-9-24(16-22)40-6/h7-17,21H,18-19H2,1-6H3,(H,33,37). The Hall–Kier alpha value is -3.27. The second-order valence-corrected chi connectivity index (χ2v) is 13.4. The maximum atomic E-state index is 14.1. The van der Waals surface area contributed by atoms with Crippen LogP contribution in [0.4, 0.5) is 5.69 Å². The lowest BCUT2D eigenvalue weighted by molar-refractivity contribution is -0.140. The molecule has 1 N–H and O–H groups in total. The zero-order valence-corrected chi connectivity index (χ0v) is 26.3. The monoisotopic (exact) mass is 619 g/mol. The molecule has 0 bridgehead atoms. The van der Waals surface area contributed by atoms with Crippen LogP contribution in [-0.4, -0.2) is 50.4 Å². The highest BCUT2D eigenvalue weighted by Gasteiger charge is 2.34. The first-order valence-electron chi connectivity index (χ1n) is 12.9. The quantitative estimate of drug-likeness (QED) is 0.308. The van der Waals surface area contributed by atoms with Gasteiger partial charge in [0.05, 0.1) is 22.7 Å². The number of halogens is 2. The van der Waals surface area contributed by atoms with Crippen molar-refractivity contribution < 1.29 is 22.7 Å². The van der Waals surface area contributed by atoms with Gasteiger partial charge in [0, 0.05) is 17.1 Å². The number of ether oxygens (including phenoxy) is 1. The molecule has 0 aliphatic carbocycles. The zero-order valence-electron chi connectivity index (χ0n) is 23.9. The fourth-order valence-electron chi connectivity index (χ4n) is 4.05. The molecule has 220 valence electrons. The number of hydrogen-bond donors (Lipinski definition) is 1. The van der Waals surface area contributed by atoms with E-state index < -0.39 is 34.1 Å². The van der Waals surface area contributed by atoms with Crippen LogP contribution in [0.1, 0.15) is 38.8 Å². The lowest BCUT2D eigenvalue weighted by atomic mass is 10.1. The summed E-state index contributed by atoms with van der Waals surface area (Å²) < 4.78 is 34.2. The average Bonchev–Trinajstić information content (AvgIpc) is 2.90. The van der Waals surface area contributed by atoms with Gasteiger partial charge in [0.25, 0.3) is 10.0 Å². The second-order valence-electron chi connectivity index (χ2n) is 10.7. The zero-order chi connectivity index (χ0) is 30.5. The predicted molar refractivity (Wildman–Crippen MR) is 163 cm³/mol. The van der Waals surface area contributed by atoms with Crippen LogP contribution in [0.5, 0.6) is 5.75 Å². The highest BCUT2D eigenvalue weighted by Crippen LogP contribution is 2.33. The summed E-state index contributed by atoms with van der Waals surface area (Å²) in [5.41, 5.74) is 1.06. The fraction of sp³-hybridized carbons (Fsp3) is 0.333. The molecule has 3 rings (SSSR count). The molecule has 1 unspecified atom stereocenters. The minimum atomic E-state index is -4.27. The molecule has 11 heteroatoms. The van der Waals surface area contributed by atoms with Crippen molar-refractivity contribution in [3.63, 3.8) is 0 Å². The van der Waals surface area contributed by atoms with Gasteiger partial charge in [-0.15, -0.1) is 0 Å². The molecule has 0 fully saturated rings. The molecule has 0 saturated carbocycles. The number of nitrogens with one attached hydrogen (secondary N) is 1. The number of benzene rings is 3. The molecule has 1 atom stereocenters. The number of carbonyl (C=O) groups excluding carboxylic acids is 2. The molecule has 8 nitrogen and oxygen atoms in total. The first kappa shape index (κ1) is 32.2. The number of aryl methyl sites for hydroxylation is 1. The van der Waals surface area contributed by atoms with Gasteiger partial charge >= 0.3 is 0 Å². The highest BCUT2D eigenvalue weighted by atomic mass is 35.5. The fourth-order valence-corrected chi connectivity index (χ4v) is 5.91. The molecule has 0 heterocycles. The molecule has 3 aromatic carbocycles. The summed E-state index contributed by atoms with van der Waals surface area (Å²) in [4.78, 5) is 28.6. The van der Waals surface area contributed by atoms with Crippen molar-refractivity contribution in [3.8, 4) is 5.75 Å². The summed E-state index contributed by atoms with van der Waals surface area (Å²) in [5.74, 6) is -0.422. The second kappa shape index (κ2) is 13.1. The van der Waals surface area contributed by atoms with Gasteiger partial charge in [-0.25, -0.2) is 8.42 Å². The number of hydrogen-bond acceptors (Lipinski definition) is 5. The van der Waals surface area contributed by atoms with E-state index >= 15 is 0 Å². The molecule has 2 amide bonds. The molecule has 41 heavy (non-hydrogen) atoms. The van der Waals surface area contributed by atoms with E-state index in [0.29, 0.717) is 11.3 Å². The van der Waals surface area contributed by atoms with Crippen molar-refractivity contribution in [2.75, 3.05) is 18.0 Å². The molecule has 3 aromatic rings. The summed E-state index contributed by atoms with van der Waals surface area (Å²) in [6.45, 7) is 8.34. The Morgan fingerprint density at radius 3 is 2.27 bits per heavy atom. The van der Waals surface area contributed by atoms with E-state index in [-0.39, 0.29) is 33.1 Å². The first-order valence-corrected chi connectivity index (χ1v) is 15.1. The summed E-state index contributed by atoms with van der Waals surface area (Å²) >= 11 is 12.7. The van der Waals surface area contributed by atoms with Gasteiger partial charge in [0.2, 0.25) is 11.8 Å². The number of sulfonamides is 1. The number of rotatable bonds is 10. The van der Waals surface area contributed by atoms with Crippen LogP contribution in [0, 0.1) is 6.92 Å². The third-order valence-electron chi connectivity index (χ3n) is 6.22. The number of amides is 2. The maximum absolute atomic E-state index is 14.1. The molecular weight excluding hydrogens is 585 g/mol. The Kier molecular flexibility index (Phi) is 10.3. The van der Waals surface area contributed by atoms with Crippen molar-refractivity contribution >= 4 is 50.7 Å². The number of anilines is 1. The Bertz CT molecular complexity index is 1510. The highest BCUT2D eigenvalue weighted by molar-refractivity contribution is 7.92. The number of carbonyl (C=O) groups is 2. The van der Waals surface area contributed by atoms with Gasteiger partial charge in [0.1, 0.15) is 18.3 Å². The summed E-state index contributed by atoms with van der Waals surface area (Å²) in [6, 6.07) is 16.8. The van der Waals surface area contributed by atoms with Crippen LogP contribution in [-0.2, 0) is 26.2 Å². The molecule has 0 radical (unpaired) electrons. The van der Waals surface area contributed by atoms with Crippen LogP contribution in [0.3, 0.4) is 0 Å². The van der Waals surface area contributed by atoms with Crippen molar-refractivity contribution in [3.05, 3.63) is 87.9 Å². The molecule has 0 saturated heterocycles. The minimum absolute atomic E-state index is 0.0233. The topological polar surface area (TPSA) is 96.0 Å². The van der Waals surface area contributed by atoms with Gasteiger partial charge < -0.3 is 15.0 Å². The van der Waals surface area contributed by atoms with Gasteiger partial charge in [-0.2, -0.15) is 0 Å². The Labute approximate surface area is 252 Å². The lowest BCUT2D eigenvalue weighted by Crippen LogP contribution is -2.54. The first-order chi connectivity index (χ1) is 19.1. The van der Waals surface area contributed by atoms with Gasteiger partial charge in [-0.05, 0) is 82.6 Å². The molecular formula is C30H35Cl2N3O5S. The van der Waals surface area contributed by atoms with Crippen molar-refractivity contribution in [1.82, 2.24) is 10.2 Å². The smallest absolute Gasteiger partial charge is 0.264 e. The molecule has 0 spiro atoms. The van der Waals surface area contributed by atoms with E-state index in [1.54, 1.807) is 43.3 Å². The van der Waals surface area contributed by atoms with Crippen LogP contribution >= 0.6 is 23.2 Å². The van der Waals surface area contributed by atoms with Crippen molar-refractivity contribution in [2.24, 2.45) is 0 Å². The summed E-state index contributed by atoms with van der Waals surface area (Å²) in [6.07, 6.45) is 0. The Morgan fingerprint density at radius 1 is 1.00 bits per heavy atom. The van der Waals surface area contributed by atoms with Crippen LogP contribution in [0.2, 0.25) is 10.0 Å². The Balaban J connectivity index is 2.09. The normalized spacial score (nSPS) is 12.4. The number of nitrogens with zero attached hydrogens (tertiary/aromatic N) is 2. The van der Waals surface area contributed by atoms with Crippen molar-refractivity contribution in [1.29, 1.82) is 0 Å². The minimum Gasteiger partial charge on any atom is -0.497 e. The third kappa shape index (κ3) is 8.38. The van der Waals surface area contributed by atoms with Crippen LogP contribution in [0.25, 0.3) is 0 Å². The largest absolute Gasteiger partial charge is 0.497 e. The summed E-state index contributed by atoms with van der Waals surface area (Å²) in [7, 11) is -2.74. The van der Waals surface area contributed by atoms with Crippen LogP contribution < -0.4 is 14.4 Å². The SMILES string of the molecule is COc1cccc(CN(C(=O)CN(c2cc(Cl)ccc2Cl)S(=O)(=O)c2ccc(C)cc2)C(C)C(=O)NC(C)(C)C)c1. The average molecular weight is 621 g/mol. The van der Waals surface area contributed by atoms with Gasteiger partial charge in [0.15, 0.2) is 0 Å². The van der Waals surface area contributed by atoms with E-state index in [1.165, 1.54) is 42.3 Å². The summed E-state index contributed by atoms with van der Waals surface area (Å²) in [5, 5.41) is 3.23. The van der Waals surface area contributed by atoms with Crippen molar-refractivity contribution in [2.45, 2.75) is 57.6 Å². The predicted octanol–water partition coefficient (Wildman–Crippen LogP) is 5.84. The van der Waals surface area contributed by atoms with E-state index in [0.717, 1.165) is 9.87 Å². The molecule has 0 aromatic heterocycles. The molecule has 0 aliphatic heterocycles. The van der Waals surface area contributed by atoms with Crippen LogP contribution in [0.15, 0.2) is 71.6 Å². The maximum Gasteiger partial charge on any atom is 0.264 e. The lowest BCUT2D eigenvalue weighted by Gasteiger charge is -2.33. The van der Waals surface area contributed by atoms with Gasteiger partial charge in [-0.3, -0.25) is 13.9 Å². The van der Waals surface area contributed by atoms with E-state index in [2.05, 4.69) is 5.32 Å². The Morgan fingerprint density at radius 2 is 1.66 bits per heavy atom. The van der Waals surface area contributed by atoms with Gasteiger partial charge in [-0.1, -0.05) is 53.0 Å². The molecule has 0 aliphatic rings. The van der Waals surface area contributed by atoms with E-state index in [4.69, 9.17) is 27.9 Å². The third-order valence-corrected chi connectivity index (χ3v) is 8.55. The van der Waals surface area contributed by atoms with E-state index in [9.17, 15) is 18.0 Å². The van der Waals surface area contributed by atoms with E-state index in [1.807, 2.05) is 27.7 Å². The number of methoxy groups -OCH3 is 1.